The third-order valence-electron chi connectivity index (χ3n) is 2.67. The van der Waals surface area contributed by atoms with Gasteiger partial charge in [0.25, 0.3) is 0 Å². The summed E-state index contributed by atoms with van der Waals surface area (Å²) in [4.78, 5) is 8.88. The summed E-state index contributed by atoms with van der Waals surface area (Å²) in [6.45, 7) is 0. The minimum absolute atomic E-state index is 0.592. The van der Waals surface area contributed by atoms with Gasteiger partial charge in [-0.1, -0.05) is 47.5 Å². The molecule has 0 amide bonds. The first-order valence-corrected chi connectivity index (χ1v) is 6.17. The maximum atomic E-state index is 6.15. The van der Waals surface area contributed by atoms with Crippen molar-refractivity contribution in [1.82, 2.24) is 9.97 Å². The number of nitrogens with zero attached hydrogens (tertiary/aromatic N) is 2. The zero-order chi connectivity index (χ0) is 12.5. The maximum Gasteiger partial charge on any atom is 0.108 e. The Bertz CT molecular complexity index is 726. The molecule has 0 radical (unpaired) electrons. The van der Waals surface area contributed by atoms with Crippen molar-refractivity contribution in [3.8, 4) is 11.3 Å². The van der Waals surface area contributed by atoms with Crippen LogP contribution in [-0.2, 0) is 0 Å². The highest BCUT2D eigenvalue weighted by molar-refractivity contribution is 6.35. The standard InChI is InChI=1S/C14H8Cl2N2/c15-10-5-2-1-4-9(10)13-8-17-12-7-3-6-11(16)14(12)18-13/h1-8H. The van der Waals surface area contributed by atoms with Gasteiger partial charge in [0, 0.05) is 5.56 Å². The first-order valence-electron chi connectivity index (χ1n) is 5.42. The molecule has 0 aliphatic heterocycles. The Morgan fingerprint density at radius 3 is 2.44 bits per heavy atom. The third kappa shape index (κ3) is 1.94. The molecule has 0 N–H and O–H groups in total. The maximum absolute atomic E-state index is 6.15. The van der Waals surface area contributed by atoms with Crippen molar-refractivity contribution in [2.75, 3.05) is 0 Å². The molecule has 0 unspecified atom stereocenters. The quantitative estimate of drug-likeness (QED) is 0.648. The van der Waals surface area contributed by atoms with E-state index in [-0.39, 0.29) is 0 Å². The molecule has 0 bridgehead atoms. The van der Waals surface area contributed by atoms with Gasteiger partial charge < -0.3 is 0 Å². The topological polar surface area (TPSA) is 25.8 Å². The second-order valence-electron chi connectivity index (χ2n) is 3.84. The van der Waals surface area contributed by atoms with Gasteiger partial charge in [-0.2, -0.15) is 0 Å². The lowest BCUT2D eigenvalue weighted by Crippen LogP contribution is -1.89. The fourth-order valence-electron chi connectivity index (χ4n) is 1.80. The molecule has 0 aliphatic carbocycles. The van der Waals surface area contributed by atoms with Gasteiger partial charge in [-0.05, 0) is 18.2 Å². The molecule has 3 aromatic rings. The molecule has 1 heterocycles. The average molecular weight is 275 g/mol. The van der Waals surface area contributed by atoms with Crippen molar-refractivity contribution < 1.29 is 0 Å². The monoisotopic (exact) mass is 274 g/mol. The number of fused-ring (bicyclic) bond motifs is 1. The van der Waals surface area contributed by atoms with Crippen molar-refractivity contribution in [1.29, 1.82) is 0 Å². The Labute approximate surface area is 114 Å². The summed E-state index contributed by atoms with van der Waals surface area (Å²) in [5.74, 6) is 0. The van der Waals surface area contributed by atoms with E-state index in [4.69, 9.17) is 23.2 Å². The highest BCUT2D eigenvalue weighted by Gasteiger charge is 2.07. The second kappa shape index (κ2) is 4.56. The van der Waals surface area contributed by atoms with Gasteiger partial charge in [0.15, 0.2) is 0 Å². The third-order valence-corrected chi connectivity index (χ3v) is 3.31. The summed E-state index contributed by atoms with van der Waals surface area (Å²) < 4.78 is 0. The summed E-state index contributed by atoms with van der Waals surface area (Å²) in [5.41, 5.74) is 3.05. The number of benzene rings is 2. The normalized spacial score (nSPS) is 10.8. The minimum atomic E-state index is 0.592. The van der Waals surface area contributed by atoms with Crippen LogP contribution in [0.2, 0.25) is 10.0 Å². The van der Waals surface area contributed by atoms with Crippen molar-refractivity contribution in [2.45, 2.75) is 0 Å². The van der Waals surface area contributed by atoms with Gasteiger partial charge in [0.1, 0.15) is 5.52 Å². The van der Waals surface area contributed by atoms with Crippen molar-refractivity contribution >= 4 is 34.2 Å². The first-order chi connectivity index (χ1) is 8.75. The fourth-order valence-corrected chi connectivity index (χ4v) is 2.24. The van der Waals surface area contributed by atoms with E-state index in [9.17, 15) is 0 Å². The van der Waals surface area contributed by atoms with E-state index in [0.717, 1.165) is 16.8 Å². The molecule has 1 aromatic heterocycles. The largest absolute Gasteiger partial charge is 0.252 e. The Morgan fingerprint density at radius 1 is 0.833 bits per heavy atom. The number of hydrogen-bond acceptors (Lipinski definition) is 2. The van der Waals surface area contributed by atoms with E-state index >= 15 is 0 Å². The Balaban J connectivity index is 2.26. The Kier molecular flexibility index (Phi) is 2.90. The van der Waals surface area contributed by atoms with Crippen LogP contribution in [0.3, 0.4) is 0 Å². The van der Waals surface area contributed by atoms with Crippen LogP contribution in [-0.4, -0.2) is 9.97 Å². The van der Waals surface area contributed by atoms with Gasteiger partial charge in [0.2, 0.25) is 0 Å². The highest BCUT2D eigenvalue weighted by Crippen LogP contribution is 2.28. The highest BCUT2D eigenvalue weighted by atomic mass is 35.5. The molecular weight excluding hydrogens is 267 g/mol. The molecule has 0 spiro atoms. The molecule has 0 fully saturated rings. The van der Waals surface area contributed by atoms with Crippen molar-refractivity contribution in [2.24, 2.45) is 0 Å². The molecule has 0 saturated heterocycles. The van der Waals surface area contributed by atoms with Crippen LogP contribution >= 0.6 is 23.2 Å². The molecule has 2 nitrogen and oxygen atoms in total. The lowest BCUT2D eigenvalue weighted by molar-refractivity contribution is 1.29. The predicted molar refractivity (Wildman–Crippen MR) is 75.0 cm³/mol. The van der Waals surface area contributed by atoms with Crippen LogP contribution in [0.1, 0.15) is 0 Å². The Hall–Kier alpha value is -1.64. The summed E-state index contributed by atoms with van der Waals surface area (Å²) >= 11 is 12.3. The van der Waals surface area contributed by atoms with E-state index in [1.165, 1.54) is 0 Å². The molecule has 2 aromatic carbocycles. The van der Waals surface area contributed by atoms with Crippen LogP contribution in [0.15, 0.2) is 48.7 Å². The smallest absolute Gasteiger partial charge is 0.108 e. The second-order valence-corrected chi connectivity index (χ2v) is 4.66. The number of hydrogen-bond donors (Lipinski definition) is 0. The molecular formula is C14H8Cl2N2. The van der Waals surface area contributed by atoms with Crippen LogP contribution in [0, 0.1) is 0 Å². The van der Waals surface area contributed by atoms with Gasteiger partial charge in [-0.15, -0.1) is 0 Å². The molecule has 3 rings (SSSR count). The summed E-state index contributed by atoms with van der Waals surface area (Å²) in [5, 5.41) is 1.24. The summed E-state index contributed by atoms with van der Waals surface area (Å²) in [6, 6.07) is 13.1. The van der Waals surface area contributed by atoms with Gasteiger partial charge in [-0.3, -0.25) is 4.98 Å². The fraction of sp³-hybridized carbons (Fsp3) is 0. The zero-order valence-electron chi connectivity index (χ0n) is 9.27. The van der Waals surface area contributed by atoms with Crippen LogP contribution in [0.25, 0.3) is 22.3 Å². The minimum Gasteiger partial charge on any atom is -0.252 e. The summed E-state index contributed by atoms with van der Waals surface area (Å²) in [6.07, 6.45) is 1.71. The van der Waals surface area contributed by atoms with E-state index < -0.39 is 0 Å². The molecule has 88 valence electrons. The first kappa shape index (κ1) is 11.5. The van der Waals surface area contributed by atoms with E-state index in [1.807, 2.05) is 36.4 Å². The number of para-hydroxylation sites is 1. The van der Waals surface area contributed by atoms with Gasteiger partial charge in [0.05, 0.1) is 27.5 Å². The molecule has 0 saturated carbocycles. The lowest BCUT2D eigenvalue weighted by atomic mass is 10.1. The van der Waals surface area contributed by atoms with E-state index in [0.29, 0.717) is 15.6 Å². The predicted octanol–water partition coefficient (Wildman–Crippen LogP) is 4.60. The lowest BCUT2D eigenvalue weighted by Gasteiger charge is -2.05. The average Bonchev–Trinajstić information content (AvgIpc) is 2.40. The van der Waals surface area contributed by atoms with Gasteiger partial charge in [-0.25, -0.2) is 4.98 Å². The van der Waals surface area contributed by atoms with Gasteiger partial charge >= 0.3 is 0 Å². The Morgan fingerprint density at radius 2 is 1.61 bits per heavy atom. The molecule has 18 heavy (non-hydrogen) atoms. The molecule has 4 heteroatoms. The molecule has 0 atom stereocenters. The molecule has 0 aliphatic rings. The SMILES string of the molecule is Clc1ccccc1-c1cnc2cccc(Cl)c2n1. The van der Waals surface area contributed by atoms with E-state index in [1.54, 1.807) is 12.3 Å². The number of aromatic nitrogens is 2. The number of rotatable bonds is 1. The summed E-state index contributed by atoms with van der Waals surface area (Å²) in [7, 11) is 0. The van der Waals surface area contributed by atoms with Crippen molar-refractivity contribution in [3.63, 3.8) is 0 Å². The number of halogens is 2. The van der Waals surface area contributed by atoms with Crippen molar-refractivity contribution in [3.05, 3.63) is 58.7 Å². The van der Waals surface area contributed by atoms with Crippen LogP contribution in [0.4, 0.5) is 0 Å². The zero-order valence-corrected chi connectivity index (χ0v) is 10.8. The van der Waals surface area contributed by atoms with Crippen LogP contribution < -0.4 is 0 Å². The van der Waals surface area contributed by atoms with E-state index in [2.05, 4.69) is 9.97 Å². The van der Waals surface area contributed by atoms with Crippen LogP contribution in [0.5, 0.6) is 0 Å².